The molecule has 0 bridgehead atoms. The number of hydrogen-bond donors (Lipinski definition) is 2. The van der Waals surface area contributed by atoms with Crippen LogP contribution >= 0.6 is 12.6 Å². The van der Waals surface area contributed by atoms with Crippen LogP contribution in [-0.2, 0) is 12.8 Å². The SMILES string of the molecule is Fc1ccc(OCCS)cc1.NCCOc1cccc2c1CCCC2. The van der Waals surface area contributed by atoms with Gasteiger partial charge < -0.3 is 15.2 Å². The molecule has 0 unspecified atom stereocenters. The van der Waals surface area contributed by atoms with Crippen LogP contribution in [0.25, 0.3) is 0 Å². The highest BCUT2D eigenvalue weighted by Crippen LogP contribution is 2.29. The van der Waals surface area contributed by atoms with Gasteiger partial charge in [-0.2, -0.15) is 12.6 Å². The molecule has 0 saturated heterocycles. The third kappa shape index (κ3) is 6.59. The fourth-order valence-electron chi connectivity index (χ4n) is 2.74. The van der Waals surface area contributed by atoms with E-state index in [-0.39, 0.29) is 5.82 Å². The van der Waals surface area contributed by atoms with E-state index in [0.717, 1.165) is 12.2 Å². The van der Waals surface area contributed by atoms with E-state index in [9.17, 15) is 4.39 Å². The zero-order valence-corrected chi connectivity index (χ0v) is 15.3. The molecule has 0 atom stereocenters. The number of fused-ring (bicyclic) bond motifs is 1. The van der Waals surface area contributed by atoms with Gasteiger partial charge in [-0.25, -0.2) is 4.39 Å². The molecule has 0 amide bonds. The van der Waals surface area contributed by atoms with Crippen molar-refractivity contribution in [1.29, 1.82) is 0 Å². The summed E-state index contributed by atoms with van der Waals surface area (Å²) < 4.78 is 23.1. The van der Waals surface area contributed by atoms with Crippen LogP contribution in [0.5, 0.6) is 11.5 Å². The number of rotatable bonds is 6. The molecule has 2 aromatic rings. The quantitative estimate of drug-likeness (QED) is 0.762. The monoisotopic (exact) mass is 363 g/mol. The van der Waals surface area contributed by atoms with Crippen molar-refractivity contribution in [1.82, 2.24) is 0 Å². The normalized spacial score (nSPS) is 12.6. The minimum atomic E-state index is -0.247. The third-order valence-corrected chi connectivity index (χ3v) is 4.08. The van der Waals surface area contributed by atoms with Crippen LogP contribution in [0, 0.1) is 5.82 Å². The summed E-state index contributed by atoms with van der Waals surface area (Å²) in [5.74, 6) is 2.15. The molecule has 5 heteroatoms. The lowest BCUT2D eigenvalue weighted by atomic mass is 9.91. The van der Waals surface area contributed by atoms with Crippen LogP contribution in [0.4, 0.5) is 4.39 Å². The number of ether oxygens (including phenoxy) is 2. The van der Waals surface area contributed by atoms with Crippen molar-refractivity contribution in [3.05, 3.63) is 59.4 Å². The molecule has 2 N–H and O–H groups in total. The van der Waals surface area contributed by atoms with E-state index >= 15 is 0 Å². The fourth-order valence-corrected chi connectivity index (χ4v) is 2.84. The average molecular weight is 363 g/mol. The molecule has 25 heavy (non-hydrogen) atoms. The number of nitrogens with two attached hydrogens (primary N) is 1. The van der Waals surface area contributed by atoms with E-state index < -0.39 is 0 Å². The van der Waals surface area contributed by atoms with Gasteiger partial charge in [0.25, 0.3) is 0 Å². The van der Waals surface area contributed by atoms with Crippen LogP contribution in [0.3, 0.4) is 0 Å². The number of hydrogen-bond acceptors (Lipinski definition) is 4. The van der Waals surface area contributed by atoms with Crippen molar-refractivity contribution in [3.63, 3.8) is 0 Å². The molecular formula is C20H26FNO2S. The first-order valence-corrected chi connectivity index (χ1v) is 9.30. The van der Waals surface area contributed by atoms with Gasteiger partial charge in [0.2, 0.25) is 0 Å². The molecule has 1 aliphatic rings. The fraction of sp³-hybridized carbons (Fsp3) is 0.400. The summed E-state index contributed by atoms with van der Waals surface area (Å²) in [6, 6.07) is 12.3. The molecule has 3 rings (SSSR count). The summed E-state index contributed by atoms with van der Waals surface area (Å²) >= 11 is 3.97. The summed E-state index contributed by atoms with van der Waals surface area (Å²) in [6.45, 7) is 1.76. The molecule has 1 aliphatic carbocycles. The highest BCUT2D eigenvalue weighted by Gasteiger charge is 2.13. The minimum absolute atomic E-state index is 0.247. The number of thiol groups is 1. The maximum Gasteiger partial charge on any atom is 0.123 e. The van der Waals surface area contributed by atoms with Crippen molar-refractivity contribution in [2.75, 3.05) is 25.5 Å². The van der Waals surface area contributed by atoms with Crippen molar-refractivity contribution < 1.29 is 13.9 Å². The number of aryl methyl sites for hydroxylation is 1. The molecule has 0 heterocycles. The molecule has 0 radical (unpaired) electrons. The van der Waals surface area contributed by atoms with Crippen LogP contribution in [-0.4, -0.2) is 25.5 Å². The van der Waals surface area contributed by atoms with Crippen LogP contribution < -0.4 is 15.2 Å². The van der Waals surface area contributed by atoms with Gasteiger partial charge in [0.1, 0.15) is 23.9 Å². The predicted octanol–water partition coefficient (Wildman–Crippen LogP) is 4.04. The van der Waals surface area contributed by atoms with Crippen LogP contribution in [0.2, 0.25) is 0 Å². The van der Waals surface area contributed by atoms with Gasteiger partial charge in [-0.15, -0.1) is 0 Å². The Kier molecular flexibility index (Phi) is 8.63. The van der Waals surface area contributed by atoms with E-state index in [0.29, 0.717) is 31.3 Å². The highest BCUT2D eigenvalue weighted by molar-refractivity contribution is 7.80. The molecule has 136 valence electrons. The first kappa shape index (κ1) is 19.6. The maximum atomic E-state index is 12.3. The van der Waals surface area contributed by atoms with Crippen molar-refractivity contribution in [3.8, 4) is 11.5 Å². The van der Waals surface area contributed by atoms with Gasteiger partial charge in [-0.05, 0) is 67.1 Å². The third-order valence-electron chi connectivity index (χ3n) is 3.90. The molecule has 0 saturated carbocycles. The lowest BCUT2D eigenvalue weighted by Gasteiger charge is -2.19. The average Bonchev–Trinajstić information content (AvgIpc) is 2.66. The summed E-state index contributed by atoms with van der Waals surface area (Å²) in [5, 5.41) is 0. The Morgan fingerprint density at radius 1 is 0.960 bits per heavy atom. The Bertz CT molecular complexity index is 634. The zero-order chi connectivity index (χ0) is 17.9. The van der Waals surface area contributed by atoms with Crippen molar-refractivity contribution in [2.45, 2.75) is 25.7 Å². The Labute approximate surface area is 154 Å². The van der Waals surface area contributed by atoms with Gasteiger partial charge in [-0.3, -0.25) is 0 Å². The van der Waals surface area contributed by atoms with Gasteiger partial charge in [0.05, 0.1) is 6.61 Å². The van der Waals surface area contributed by atoms with Gasteiger partial charge in [0.15, 0.2) is 0 Å². The second kappa shape index (κ2) is 11.0. The second-order valence-corrected chi connectivity index (χ2v) is 6.21. The molecule has 0 fully saturated rings. The van der Waals surface area contributed by atoms with Crippen molar-refractivity contribution >= 4 is 12.6 Å². The zero-order valence-electron chi connectivity index (χ0n) is 14.4. The standard InChI is InChI=1S/C12H17NO.C8H9FOS/c13-8-9-14-12-7-3-5-10-4-1-2-6-11(10)12;9-7-1-3-8(4-2-7)10-5-6-11/h3,5,7H,1-2,4,6,8-9,13H2;1-4,11H,5-6H2. The topological polar surface area (TPSA) is 44.5 Å². The molecule has 0 spiro atoms. The Balaban J connectivity index is 0.000000186. The van der Waals surface area contributed by atoms with Gasteiger partial charge >= 0.3 is 0 Å². The Morgan fingerprint density at radius 3 is 2.44 bits per heavy atom. The molecule has 2 aromatic carbocycles. The Morgan fingerprint density at radius 2 is 1.72 bits per heavy atom. The van der Waals surface area contributed by atoms with Gasteiger partial charge in [0, 0.05) is 12.3 Å². The number of benzene rings is 2. The predicted molar refractivity (Wildman–Crippen MR) is 103 cm³/mol. The maximum absolute atomic E-state index is 12.3. The second-order valence-electron chi connectivity index (χ2n) is 5.76. The van der Waals surface area contributed by atoms with E-state index in [1.54, 1.807) is 12.1 Å². The summed E-state index contributed by atoms with van der Waals surface area (Å²) in [5.41, 5.74) is 8.30. The van der Waals surface area contributed by atoms with Crippen molar-refractivity contribution in [2.24, 2.45) is 5.73 Å². The van der Waals surface area contributed by atoms with Gasteiger partial charge in [-0.1, -0.05) is 12.1 Å². The lowest BCUT2D eigenvalue weighted by molar-refractivity contribution is 0.323. The van der Waals surface area contributed by atoms with E-state index in [1.807, 2.05) is 0 Å². The first-order chi connectivity index (χ1) is 12.2. The van der Waals surface area contributed by atoms with Crippen LogP contribution in [0.15, 0.2) is 42.5 Å². The van der Waals surface area contributed by atoms with E-state index in [1.165, 1.54) is 42.5 Å². The van der Waals surface area contributed by atoms with E-state index in [2.05, 4.69) is 30.8 Å². The number of halogens is 1. The largest absolute Gasteiger partial charge is 0.493 e. The Hall–Kier alpha value is -1.72. The smallest absolute Gasteiger partial charge is 0.123 e. The molecule has 0 aromatic heterocycles. The van der Waals surface area contributed by atoms with E-state index in [4.69, 9.17) is 15.2 Å². The highest BCUT2D eigenvalue weighted by atomic mass is 32.1. The minimum Gasteiger partial charge on any atom is -0.493 e. The van der Waals surface area contributed by atoms with Crippen LogP contribution in [0.1, 0.15) is 24.0 Å². The molecular weight excluding hydrogens is 337 g/mol. The molecule has 3 nitrogen and oxygen atoms in total. The lowest BCUT2D eigenvalue weighted by Crippen LogP contribution is -2.13. The molecule has 0 aliphatic heterocycles. The summed E-state index contributed by atoms with van der Waals surface area (Å²) in [7, 11) is 0. The summed E-state index contributed by atoms with van der Waals surface area (Å²) in [6.07, 6.45) is 4.97. The first-order valence-electron chi connectivity index (χ1n) is 8.67. The summed E-state index contributed by atoms with van der Waals surface area (Å²) in [4.78, 5) is 0.